The molecule has 22 nitrogen and oxygen atoms in total. The first-order valence-corrected chi connectivity index (χ1v) is 29.4. The highest BCUT2D eigenvalue weighted by molar-refractivity contribution is 6.05. The fourth-order valence-electron chi connectivity index (χ4n) is 11.6. The number of aliphatic hydroxyl groups excluding tert-OH is 1. The summed E-state index contributed by atoms with van der Waals surface area (Å²) in [6, 6.07) is -1.03. The number of esters is 2. The number of hydrogen-bond donors (Lipinski definition) is 4. The van der Waals surface area contributed by atoms with Gasteiger partial charge in [0.25, 0.3) is 0 Å². The number of hydrogen-bond acceptors (Lipinski definition) is 15. The number of methoxy groups -OCH3 is 1. The van der Waals surface area contributed by atoms with Gasteiger partial charge in [-0.2, -0.15) is 0 Å². The summed E-state index contributed by atoms with van der Waals surface area (Å²) in [5.41, 5.74) is -1.54. The molecule has 82 heavy (non-hydrogen) atoms. The number of ether oxygens (including phenoxy) is 4. The largest absolute Gasteiger partial charge is 0.497 e. The molecule has 4 N–H and O–H groups in total. The molecule has 0 aliphatic carbocycles. The minimum Gasteiger partial charge on any atom is -0.497 e. The molecule has 1 aromatic carbocycles. The zero-order chi connectivity index (χ0) is 61.3. The van der Waals surface area contributed by atoms with Crippen LogP contribution in [0, 0.1) is 29.6 Å². The van der Waals surface area contributed by atoms with Gasteiger partial charge in [-0.1, -0.05) is 73.9 Å². The fraction of sp³-hybridized carbons (Fsp3) is 0.733. The second-order valence-corrected chi connectivity index (χ2v) is 25.2. The third-order valence-electron chi connectivity index (χ3n) is 16.4. The molecule has 1 aromatic rings. The summed E-state index contributed by atoms with van der Waals surface area (Å²) in [5, 5.41) is 20.3. The number of cyclic esters (lactones) is 2. The molecule has 1 spiro atoms. The van der Waals surface area contributed by atoms with Crippen molar-refractivity contribution in [3.8, 4) is 5.75 Å². The van der Waals surface area contributed by atoms with E-state index in [-0.39, 0.29) is 63.6 Å². The van der Waals surface area contributed by atoms with Gasteiger partial charge >= 0.3 is 18.0 Å². The van der Waals surface area contributed by atoms with Gasteiger partial charge in [-0.15, -0.1) is 0 Å². The molecule has 4 heterocycles. The highest BCUT2D eigenvalue weighted by atomic mass is 16.6. The number of amides is 7. The van der Waals surface area contributed by atoms with Gasteiger partial charge in [-0.3, -0.25) is 43.3 Å². The molecule has 4 aliphatic rings. The maximum atomic E-state index is 15.1. The highest BCUT2D eigenvalue weighted by Gasteiger charge is 2.58. The first kappa shape index (κ1) is 66.5. The van der Waals surface area contributed by atoms with Crippen LogP contribution >= 0.6 is 0 Å². The van der Waals surface area contributed by atoms with Crippen LogP contribution in [0.4, 0.5) is 4.79 Å². The van der Waals surface area contributed by atoms with Crippen molar-refractivity contribution in [1.29, 1.82) is 0 Å². The molecular weight excluding hydrogens is 1060 g/mol. The lowest BCUT2D eigenvalue weighted by Gasteiger charge is -2.37. The molecule has 4 saturated heterocycles. The van der Waals surface area contributed by atoms with Gasteiger partial charge in [-0.25, -0.2) is 9.59 Å². The molecular formula is C60H93N7O15. The van der Waals surface area contributed by atoms with E-state index in [9.17, 15) is 38.7 Å². The van der Waals surface area contributed by atoms with E-state index in [1.165, 1.54) is 47.6 Å². The van der Waals surface area contributed by atoms with Crippen LogP contribution in [-0.4, -0.2) is 183 Å². The number of nitrogens with zero attached hydrogens (tertiary/aromatic N) is 4. The highest BCUT2D eigenvalue weighted by Crippen LogP contribution is 2.41. The van der Waals surface area contributed by atoms with Crippen LogP contribution in [0.2, 0.25) is 0 Å². The Labute approximate surface area is 484 Å². The number of ketones is 1. The predicted molar refractivity (Wildman–Crippen MR) is 302 cm³/mol. The summed E-state index contributed by atoms with van der Waals surface area (Å²) in [7, 11) is 2.91. The van der Waals surface area contributed by atoms with Crippen molar-refractivity contribution in [3.05, 3.63) is 29.8 Å². The number of rotatable bonds is 13. The van der Waals surface area contributed by atoms with E-state index in [4.69, 9.17) is 18.9 Å². The van der Waals surface area contributed by atoms with E-state index in [1.54, 1.807) is 72.7 Å². The van der Waals surface area contributed by atoms with Crippen LogP contribution in [0.25, 0.3) is 0 Å². The van der Waals surface area contributed by atoms with Gasteiger partial charge in [0.15, 0.2) is 11.9 Å². The lowest BCUT2D eigenvalue weighted by Crippen LogP contribution is -2.62. The average Bonchev–Trinajstić information content (AvgIpc) is 4.05. The Kier molecular flexibility index (Phi) is 22.9. The number of Topliss-reactive ketones (excluding diaryl/α,β-unsaturated/α-hetero) is 1. The number of benzene rings is 1. The van der Waals surface area contributed by atoms with Crippen LogP contribution in [0.1, 0.15) is 153 Å². The van der Waals surface area contributed by atoms with E-state index < -0.39 is 149 Å². The third kappa shape index (κ3) is 16.1. The van der Waals surface area contributed by atoms with Crippen molar-refractivity contribution in [2.75, 3.05) is 33.8 Å². The van der Waals surface area contributed by atoms with E-state index in [2.05, 4.69) is 16.0 Å². The van der Waals surface area contributed by atoms with Crippen molar-refractivity contribution in [2.45, 2.75) is 220 Å². The summed E-state index contributed by atoms with van der Waals surface area (Å²) in [4.78, 5) is 151. The molecule has 4 fully saturated rings. The Balaban J connectivity index is 1.62. The Morgan fingerprint density at radius 2 is 1.51 bits per heavy atom. The average molecular weight is 1150 g/mol. The maximum Gasteiger partial charge on any atom is 0.411 e. The van der Waals surface area contributed by atoms with Crippen LogP contribution in [0.15, 0.2) is 24.3 Å². The number of aliphatic hydroxyl groups is 1. The number of carbonyl (C=O) groups excluding carboxylic acids is 10. The smallest absolute Gasteiger partial charge is 0.411 e. The standard InChI is InChI=1S/C60H93N7O15/c1-16-36(8)47-45(68)32-46(69)81-50(35(6)7)49(70)37(9)51(71)61-41(29-33(2)3)54(74)65-26-17-19-42(65)55(75)64(14)44(31-39-20-22-40(79-15)23-21-39)56(76)80-38(10)48(53(73)62-47)63-52(72)43(30-34(4)5)66-28-25-60(57(66)77)24-18-27-67(60)58(78)82-59(11,12)13/h20-23,33-38,41-45,47-48,50,68H,16-19,24-32H2,1-15H3,(H,61,71)(H,62,73)(H,63,72)/t36-,37-,38+,41-,42-,43+,44-,45-,47+,48-,50-,60?/m0/s1. The molecule has 458 valence electrons. The van der Waals surface area contributed by atoms with Gasteiger partial charge in [0, 0.05) is 33.1 Å². The number of likely N-dealkylation sites (tertiary alicyclic amines) is 2. The quantitative estimate of drug-likeness (QED) is 0.120. The zero-order valence-electron chi connectivity index (χ0n) is 51.0. The number of fused-ring (bicyclic) bond motifs is 1. The molecule has 0 bridgehead atoms. The lowest BCUT2D eigenvalue weighted by molar-refractivity contribution is -0.163. The van der Waals surface area contributed by atoms with E-state index in [1.807, 2.05) is 27.7 Å². The normalized spacial score (nSPS) is 28.7. The molecule has 0 aromatic heterocycles. The molecule has 12 atom stereocenters. The zero-order valence-corrected chi connectivity index (χ0v) is 51.0. The second kappa shape index (κ2) is 28.3. The van der Waals surface area contributed by atoms with Crippen LogP contribution < -0.4 is 20.7 Å². The van der Waals surface area contributed by atoms with E-state index in [0.29, 0.717) is 37.0 Å². The van der Waals surface area contributed by atoms with Crippen molar-refractivity contribution < 1.29 is 72.0 Å². The fourth-order valence-corrected chi connectivity index (χ4v) is 11.6. The van der Waals surface area contributed by atoms with Crippen molar-refractivity contribution in [2.24, 2.45) is 29.6 Å². The molecule has 1 unspecified atom stereocenters. The van der Waals surface area contributed by atoms with Crippen molar-refractivity contribution in [3.63, 3.8) is 0 Å². The number of likely N-dealkylation sites (N-methyl/N-ethyl adjacent to an activating group) is 1. The Morgan fingerprint density at radius 1 is 0.854 bits per heavy atom. The van der Waals surface area contributed by atoms with Crippen LogP contribution in [-0.2, 0) is 63.8 Å². The van der Waals surface area contributed by atoms with Gasteiger partial charge in [0.1, 0.15) is 53.2 Å². The first-order chi connectivity index (χ1) is 38.3. The SMILES string of the molecule is CC[C@H](C)[C@H]1NC(=O)[C@@H](NC(=O)[C@@H](CC(C)C)N2CCC3(CCCN3C(=O)OC(C)(C)C)C2=O)[C@@H](C)OC(=O)[C@H](Cc2ccc(OC)cc2)N(C)C(=O)[C@@H]2CCCN2C(=O)[C@H](CC(C)C)NC(=O)[C@@H](C)C(=O)[C@H](C(C)C)OC(=O)C[C@@H]1O. The van der Waals surface area contributed by atoms with Gasteiger partial charge in [0.2, 0.25) is 35.4 Å². The molecule has 0 radical (unpaired) electrons. The van der Waals surface area contributed by atoms with Gasteiger partial charge < -0.3 is 54.7 Å². The third-order valence-corrected chi connectivity index (χ3v) is 16.4. The van der Waals surface area contributed by atoms with Crippen molar-refractivity contribution >= 4 is 59.3 Å². The summed E-state index contributed by atoms with van der Waals surface area (Å²) in [6.45, 7) is 22.6. The minimum absolute atomic E-state index is 0.0908. The Hall–Kier alpha value is -6.32. The maximum absolute atomic E-state index is 15.1. The predicted octanol–water partition coefficient (Wildman–Crippen LogP) is 4.49. The summed E-state index contributed by atoms with van der Waals surface area (Å²) >= 11 is 0. The Morgan fingerprint density at radius 3 is 2.10 bits per heavy atom. The van der Waals surface area contributed by atoms with Gasteiger partial charge in [-0.05, 0) is 121 Å². The van der Waals surface area contributed by atoms with Crippen LogP contribution in [0.5, 0.6) is 5.75 Å². The van der Waals surface area contributed by atoms with Crippen molar-refractivity contribution in [1.82, 2.24) is 35.6 Å². The lowest BCUT2D eigenvalue weighted by atomic mass is 9.91. The van der Waals surface area contributed by atoms with E-state index >= 15 is 14.4 Å². The molecule has 7 amide bonds. The summed E-state index contributed by atoms with van der Waals surface area (Å²) < 4.78 is 23.1. The first-order valence-electron chi connectivity index (χ1n) is 29.4. The molecule has 5 rings (SSSR count). The second-order valence-electron chi connectivity index (χ2n) is 25.2. The van der Waals surface area contributed by atoms with Crippen LogP contribution in [0.3, 0.4) is 0 Å². The van der Waals surface area contributed by atoms with Gasteiger partial charge in [0.05, 0.1) is 31.6 Å². The molecule has 0 saturated carbocycles. The summed E-state index contributed by atoms with van der Waals surface area (Å²) in [6.07, 6.45) is -3.79. The minimum atomic E-state index is -1.74. The Bertz CT molecular complexity index is 2480. The topological polar surface area (TPSA) is 277 Å². The van der Waals surface area contributed by atoms with E-state index in [0.717, 1.165) is 0 Å². The molecule has 22 heteroatoms. The monoisotopic (exact) mass is 1150 g/mol. The summed E-state index contributed by atoms with van der Waals surface area (Å²) in [5.74, 6) is -9.29. The number of nitrogens with one attached hydrogen (secondary N) is 3. The number of carbonyl (C=O) groups is 10. The molecule has 4 aliphatic heterocycles.